The van der Waals surface area contributed by atoms with Gasteiger partial charge in [-0.15, -0.1) is 0 Å². The first-order valence-electron chi connectivity index (χ1n) is 15.8. The van der Waals surface area contributed by atoms with E-state index >= 15 is 0 Å². The van der Waals surface area contributed by atoms with Crippen LogP contribution < -0.4 is 9.80 Å². The van der Waals surface area contributed by atoms with E-state index in [2.05, 4.69) is 168 Å². The summed E-state index contributed by atoms with van der Waals surface area (Å²) in [6.07, 6.45) is 0.952. The van der Waals surface area contributed by atoms with Crippen LogP contribution in [0.15, 0.2) is 168 Å². The van der Waals surface area contributed by atoms with E-state index in [1.54, 1.807) is 0 Å². The molecule has 0 saturated carbocycles. The third-order valence-electron chi connectivity index (χ3n) is 9.58. The molecule has 0 spiro atoms. The maximum absolute atomic E-state index is 2.45. The monoisotopic (exact) mass is 604 g/mol. The largest absolute Gasteiger partial charge is 0.310 e. The van der Waals surface area contributed by atoms with E-state index in [0.717, 1.165) is 6.42 Å². The highest BCUT2D eigenvalue weighted by Crippen LogP contribution is 2.52. The minimum atomic E-state index is 0.952. The molecule has 0 aromatic heterocycles. The first-order chi connectivity index (χ1) is 22.8. The number of rotatable bonds is 2. The molecule has 216 valence electrons. The third-order valence-corrected chi connectivity index (χ3v) is 10.7. The normalized spacial score (nSPS) is 13.4. The molecule has 2 aliphatic rings. The van der Waals surface area contributed by atoms with Crippen LogP contribution in [-0.2, 0) is 6.42 Å². The molecule has 0 bridgehead atoms. The molecule has 10 rings (SSSR count). The van der Waals surface area contributed by atoms with Crippen LogP contribution in [0.2, 0.25) is 0 Å². The van der Waals surface area contributed by atoms with E-state index in [4.69, 9.17) is 0 Å². The highest BCUT2D eigenvalue weighted by Gasteiger charge is 2.26. The average molecular weight is 605 g/mol. The summed E-state index contributed by atoms with van der Waals surface area (Å²) in [5.41, 5.74) is 10.0. The maximum Gasteiger partial charge on any atom is 0.0601 e. The van der Waals surface area contributed by atoms with Crippen LogP contribution in [0.25, 0.3) is 32.3 Å². The van der Waals surface area contributed by atoms with Crippen molar-refractivity contribution in [3.8, 4) is 0 Å². The van der Waals surface area contributed by atoms with Crippen molar-refractivity contribution in [1.82, 2.24) is 0 Å². The molecule has 2 heterocycles. The van der Waals surface area contributed by atoms with Gasteiger partial charge in [0.05, 0.1) is 11.4 Å². The van der Waals surface area contributed by atoms with Crippen molar-refractivity contribution in [3.63, 3.8) is 0 Å². The number of anilines is 6. The predicted molar refractivity (Wildman–Crippen MR) is 195 cm³/mol. The van der Waals surface area contributed by atoms with Gasteiger partial charge in [0.1, 0.15) is 0 Å². The Hall–Kier alpha value is -5.51. The zero-order valence-electron chi connectivity index (χ0n) is 25.0. The Labute approximate surface area is 272 Å². The molecule has 0 N–H and O–H groups in total. The summed E-state index contributed by atoms with van der Waals surface area (Å²) in [7, 11) is 0. The van der Waals surface area contributed by atoms with Crippen LogP contribution >= 0.6 is 11.8 Å². The van der Waals surface area contributed by atoms with Gasteiger partial charge in [0, 0.05) is 39.0 Å². The van der Waals surface area contributed by atoms with E-state index in [9.17, 15) is 0 Å². The summed E-state index contributed by atoms with van der Waals surface area (Å²) >= 11 is 1.85. The van der Waals surface area contributed by atoms with Gasteiger partial charge in [-0.25, -0.2) is 0 Å². The van der Waals surface area contributed by atoms with Crippen molar-refractivity contribution in [3.05, 3.63) is 169 Å². The molecule has 0 atom stereocenters. The Morgan fingerprint density at radius 2 is 0.804 bits per heavy atom. The molecule has 0 amide bonds. The van der Waals surface area contributed by atoms with E-state index in [-0.39, 0.29) is 0 Å². The Kier molecular flexibility index (Phi) is 5.60. The second-order valence-corrected chi connectivity index (χ2v) is 13.3. The van der Waals surface area contributed by atoms with Gasteiger partial charge < -0.3 is 9.80 Å². The smallest absolute Gasteiger partial charge is 0.0601 e. The van der Waals surface area contributed by atoms with Gasteiger partial charge in [0.2, 0.25) is 0 Å². The topological polar surface area (TPSA) is 6.48 Å². The number of nitrogens with zero attached hydrogens (tertiary/aromatic N) is 2. The highest BCUT2D eigenvalue weighted by atomic mass is 32.2. The van der Waals surface area contributed by atoms with Gasteiger partial charge in [-0.3, -0.25) is 0 Å². The lowest BCUT2D eigenvalue weighted by Crippen LogP contribution is -2.18. The Morgan fingerprint density at radius 1 is 0.391 bits per heavy atom. The molecular weight excluding hydrogens is 577 g/mol. The average Bonchev–Trinajstić information content (AvgIpc) is 3.12. The minimum absolute atomic E-state index is 0.952. The molecule has 8 aromatic rings. The molecule has 0 saturated heterocycles. The number of fused-ring (bicyclic) bond motifs is 9. The van der Waals surface area contributed by atoms with Crippen molar-refractivity contribution in [2.24, 2.45) is 0 Å². The molecule has 0 fully saturated rings. The molecule has 8 aromatic carbocycles. The summed E-state index contributed by atoms with van der Waals surface area (Å²) in [6.45, 7) is 0. The first kappa shape index (κ1) is 25.8. The zero-order valence-corrected chi connectivity index (χ0v) is 25.8. The summed E-state index contributed by atoms with van der Waals surface area (Å²) in [4.78, 5) is 7.42. The van der Waals surface area contributed by atoms with Crippen LogP contribution in [0.4, 0.5) is 34.1 Å². The molecule has 0 aliphatic carbocycles. The van der Waals surface area contributed by atoms with Crippen molar-refractivity contribution in [2.75, 3.05) is 9.80 Å². The van der Waals surface area contributed by atoms with Gasteiger partial charge in [0.25, 0.3) is 0 Å². The molecular formula is C43H28N2S. The lowest BCUT2D eigenvalue weighted by Gasteiger charge is -2.33. The van der Waals surface area contributed by atoms with E-state index in [1.165, 1.54) is 87.4 Å². The third kappa shape index (κ3) is 3.85. The first-order valence-corrected chi connectivity index (χ1v) is 16.6. The zero-order chi connectivity index (χ0) is 30.2. The summed E-state index contributed by atoms with van der Waals surface area (Å²) in [5.74, 6) is 0. The van der Waals surface area contributed by atoms with Gasteiger partial charge in [-0.2, -0.15) is 0 Å². The standard InChI is InChI=1S/C43H28N2S/c1-3-11-37-31(9-1)25-32-10-2-4-12-38(32)44(37)33-23-21-28-17-19-30-20-18-29-22-24-34(27-36(29)43(30)35(28)26-33)45-39-13-5-7-15-41(39)46-42-16-8-6-14-40(42)45/h1-24,26-27H,25H2. The van der Waals surface area contributed by atoms with E-state index < -0.39 is 0 Å². The second-order valence-electron chi connectivity index (χ2n) is 12.2. The number of benzene rings is 8. The van der Waals surface area contributed by atoms with Gasteiger partial charge >= 0.3 is 0 Å². The maximum atomic E-state index is 2.45. The van der Waals surface area contributed by atoms with Gasteiger partial charge in [-0.05, 0) is 104 Å². The highest BCUT2D eigenvalue weighted by molar-refractivity contribution is 7.99. The van der Waals surface area contributed by atoms with Crippen LogP contribution in [0, 0.1) is 0 Å². The molecule has 46 heavy (non-hydrogen) atoms. The van der Waals surface area contributed by atoms with E-state index in [0.29, 0.717) is 0 Å². The van der Waals surface area contributed by atoms with Gasteiger partial charge in [-0.1, -0.05) is 109 Å². The Balaban J connectivity index is 1.22. The van der Waals surface area contributed by atoms with Crippen molar-refractivity contribution >= 4 is 78.2 Å². The van der Waals surface area contributed by atoms with Crippen LogP contribution in [-0.4, -0.2) is 0 Å². The summed E-state index contributed by atoms with van der Waals surface area (Å²) < 4.78 is 0. The van der Waals surface area contributed by atoms with Crippen LogP contribution in [0.5, 0.6) is 0 Å². The van der Waals surface area contributed by atoms with Gasteiger partial charge in [0.15, 0.2) is 0 Å². The molecule has 3 heteroatoms. The van der Waals surface area contributed by atoms with Crippen molar-refractivity contribution in [1.29, 1.82) is 0 Å². The molecule has 2 aliphatic heterocycles. The summed E-state index contributed by atoms with van der Waals surface area (Å²) in [5, 5.41) is 7.58. The van der Waals surface area contributed by atoms with Crippen LogP contribution in [0.1, 0.15) is 11.1 Å². The second kappa shape index (κ2) is 10.00. The fourth-order valence-electron chi connectivity index (χ4n) is 7.48. The molecule has 0 radical (unpaired) electrons. The van der Waals surface area contributed by atoms with Crippen LogP contribution in [0.3, 0.4) is 0 Å². The predicted octanol–water partition coefficient (Wildman–Crippen LogP) is 12.5. The molecule has 0 unspecified atom stereocenters. The molecule has 2 nitrogen and oxygen atoms in total. The number of para-hydroxylation sites is 4. The van der Waals surface area contributed by atoms with E-state index in [1.807, 2.05) is 11.8 Å². The Morgan fingerprint density at radius 3 is 1.35 bits per heavy atom. The van der Waals surface area contributed by atoms with Crippen molar-refractivity contribution in [2.45, 2.75) is 16.2 Å². The number of hydrogen-bond acceptors (Lipinski definition) is 3. The lowest BCUT2D eigenvalue weighted by atomic mass is 9.93. The summed E-state index contributed by atoms with van der Waals surface area (Å²) in [6, 6.07) is 58.2. The van der Waals surface area contributed by atoms with Crippen molar-refractivity contribution < 1.29 is 0 Å². The lowest BCUT2D eigenvalue weighted by molar-refractivity contribution is 1.09. The quantitative estimate of drug-likeness (QED) is 0.181. The SMILES string of the molecule is c1ccc2c(c1)Cc1ccccc1N2c1ccc2ccc3ccc4ccc(N5c6ccccc6Sc6ccccc65)cc4c3c2c1. The fraction of sp³-hybridized carbons (Fsp3) is 0.0233. The minimum Gasteiger partial charge on any atom is -0.310 e. The fourth-order valence-corrected chi connectivity index (χ4v) is 8.54. The number of hydrogen-bond donors (Lipinski definition) is 0. The Bertz CT molecular complexity index is 2250.